The smallest absolute Gasteiger partial charge is 0.333 e. The highest BCUT2D eigenvalue weighted by Crippen LogP contribution is 2.57. The third kappa shape index (κ3) is 4.95. The minimum Gasteiger partial charge on any atom is -0.376 e. The second-order valence-electron chi connectivity index (χ2n) is 16.9. The quantitative estimate of drug-likeness (QED) is 0.165. The Labute approximate surface area is 346 Å². The van der Waals surface area contributed by atoms with Gasteiger partial charge in [0.1, 0.15) is 0 Å². The fourth-order valence-electron chi connectivity index (χ4n) is 10.6. The summed E-state index contributed by atoms with van der Waals surface area (Å²) in [5.41, 5.74) is 22.6. The third-order valence-corrected chi connectivity index (χ3v) is 13.3. The van der Waals surface area contributed by atoms with Crippen molar-refractivity contribution >= 4 is 57.0 Å². The van der Waals surface area contributed by atoms with Crippen molar-refractivity contribution in [1.29, 1.82) is 0 Å². The SMILES string of the molecule is Cc1ccccc1-c1cc2c3c(c1)N1c4ccc5ccccc5c4C(C)(C)c4cccc(c41)B3N(c1ccc(-c3ccccc3)cc1)c1cc(-c3ccccc3)ccc1-2. The van der Waals surface area contributed by atoms with Gasteiger partial charge in [-0.25, -0.2) is 0 Å². The number of rotatable bonds is 4. The van der Waals surface area contributed by atoms with Gasteiger partial charge < -0.3 is 9.71 Å². The van der Waals surface area contributed by atoms with Crippen LogP contribution in [0.2, 0.25) is 0 Å². The number of hydrogen-bond acceptors (Lipinski definition) is 2. The van der Waals surface area contributed by atoms with E-state index in [4.69, 9.17) is 0 Å². The van der Waals surface area contributed by atoms with E-state index in [1.54, 1.807) is 0 Å². The second-order valence-corrected chi connectivity index (χ2v) is 16.9. The molecule has 278 valence electrons. The lowest BCUT2D eigenvalue weighted by Crippen LogP contribution is -2.62. The first-order chi connectivity index (χ1) is 29.0. The molecule has 12 rings (SSSR count). The Morgan fingerprint density at radius 1 is 0.458 bits per heavy atom. The standard InChI is InChI=1S/C56H41BN2/c1-36-15-10-12-21-44(36)42-33-47-46-31-27-41(38-18-8-5-9-19-38)34-51(46)59(43-29-25-39(26-30-43)37-16-6-4-7-17-37)57-49-24-14-23-48-55(49)58(52(35-42)54(47)57)50-32-28-40-20-11-13-22-45(40)53(50)56(48,2)3/h4-35H,1-3H3. The molecule has 9 aromatic rings. The first-order valence-corrected chi connectivity index (χ1v) is 20.8. The van der Waals surface area contributed by atoms with E-state index in [0.29, 0.717) is 0 Å². The molecule has 59 heavy (non-hydrogen) atoms. The van der Waals surface area contributed by atoms with E-state index in [0.717, 1.165) is 0 Å². The van der Waals surface area contributed by atoms with Crippen LogP contribution in [0.25, 0.3) is 55.3 Å². The van der Waals surface area contributed by atoms with Gasteiger partial charge in [0.25, 0.3) is 0 Å². The Kier molecular flexibility index (Phi) is 7.32. The van der Waals surface area contributed by atoms with Gasteiger partial charge in [-0.2, -0.15) is 0 Å². The minimum atomic E-state index is -0.249. The van der Waals surface area contributed by atoms with Crippen molar-refractivity contribution in [3.05, 3.63) is 211 Å². The van der Waals surface area contributed by atoms with Crippen LogP contribution < -0.4 is 20.6 Å². The van der Waals surface area contributed by atoms with Gasteiger partial charge in [-0.3, -0.25) is 0 Å². The molecular formula is C56H41BN2. The maximum absolute atomic E-state index is 2.64. The predicted octanol–water partition coefficient (Wildman–Crippen LogP) is 13.5. The molecule has 0 unspecified atom stereocenters. The van der Waals surface area contributed by atoms with Gasteiger partial charge in [-0.1, -0.05) is 172 Å². The van der Waals surface area contributed by atoms with Gasteiger partial charge in [0, 0.05) is 33.7 Å². The Hall–Kier alpha value is -7.10. The zero-order valence-corrected chi connectivity index (χ0v) is 33.4. The van der Waals surface area contributed by atoms with Crippen LogP contribution in [0.15, 0.2) is 194 Å². The number of anilines is 5. The van der Waals surface area contributed by atoms with Gasteiger partial charge in [0.05, 0.1) is 5.69 Å². The molecule has 3 heteroatoms. The normalized spacial score (nSPS) is 14.1. The van der Waals surface area contributed by atoms with Crippen LogP contribution in [-0.2, 0) is 5.41 Å². The maximum Gasteiger partial charge on any atom is 0.333 e. The predicted molar refractivity (Wildman–Crippen MR) is 251 cm³/mol. The van der Waals surface area contributed by atoms with Crippen molar-refractivity contribution in [2.24, 2.45) is 0 Å². The zero-order valence-electron chi connectivity index (χ0n) is 33.4. The highest BCUT2D eigenvalue weighted by atomic mass is 15.2. The fourth-order valence-corrected chi connectivity index (χ4v) is 10.6. The highest BCUT2D eigenvalue weighted by Gasteiger charge is 2.50. The van der Waals surface area contributed by atoms with E-state index in [2.05, 4.69) is 225 Å². The van der Waals surface area contributed by atoms with Crippen LogP contribution in [0.5, 0.6) is 0 Å². The molecule has 3 heterocycles. The summed E-state index contributed by atoms with van der Waals surface area (Å²) in [6.07, 6.45) is 0. The summed E-state index contributed by atoms with van der Waals surface area (Å²) in [6.45, 7) is 7.02. The first-order valence-electron chi connectivity index (χ1n) is 20.8. The minimum absolute atomic E-state index is 0.0731. The van der Waals surface area contributed by atoms with E-state index >= 15 is 0 Å². The Bertz CT molecular complexity index is 3150. The number of fused-ring (bicyclic) bond motifs is 8. The van der Waals surface area contributed by atoms with E-state index in [1.807, 2.05) is 0 Å². The number of para-hydroxylation sites is 1. The third-order valence-electron chi connectivity index (χ3n) is 13.3. The van der Waals surface area contributed by atoms with Gasteiger partial charge in [0.2, 0.25) is 0 Å². The molecule has 2 nitrogen and oxygen atoms in total. The van der Waals surface area contributed by atoms with Crippen molar-refractivity contribution in [3.8, 4) is 44.5 Å². The van der Waals surface area contributed by atoms with Crippen molar-refractivity contribution in [1.82, 2.24) is 0 Å². The van der Waals surface area contributed by atoms with Crippen LogP contribution in [0.3, 0.4) is 0 Å². The van der Waals surface area contributed by atoms with Crippen LogP contribution in [0.4, 0.5) is 28.4 Å². The lowest BCUT2D eigenvalue weighted by Gasteiger charge is -2.51. The molecule has 0 N–H and O–H groups in total. The van der Waals surface area contributed by atoms with E-state index in [9.17, 15) is 0 Å². The number of nitrogens with zero attached hydrogens (tertiary/aromatic N) is 2. The second kappa shape index (κ2) is 12.7. The zero-order chi connectivity index (χ0) is 39.4. The molecule has 0 fully saturated rings. The van der Waals surface area contributed by atoms with E-state index in [1.165, 1.54) is 111 Å². The molecule has 3 aliphatic rings. The van der Waals surface area contributed by atoms with Gasteiger partial charge in [0.15, 0.2) is 0 Å². The molecule has 0 aromatic heterocycles. The molecule has 0 aliphatic carbocycles. The lowest BCUT2D eigenvalue weighted by atomic mass is 9.42. The molecule has 0 saturated carbocycles. The number of benzene rings is 9. The van der Waals surface area contributed by atoms with Crippen molar-refractivity contribution in [2.45, 2.75) is 26.2 Å². The molecular weight excluding hydrogens is 711 g/mol. The molecule has 0 atom stereocenters. The molecule has 0 radical (unpaired) electrons. The Morgan fingerprint density at radius 3 is 1.90 bits per heavy atom. The molecule has 0 saturated heterocycles. The van der Waals surface area contributed by atoms with E-state index in [-0.39, 0.29) is 12.3 Å². The molecule has 3 aliphatic heterocycles. The largest absolute Gasteiger partial charge is 0.376 e. The number of hydrogen-bond donors (Lipinski definition) is 0. The molecule has 9 aromatic carbocycles. The van der Waals surface area contributed by atoms with E-state index < -0.39 is 0 Å². The maximum atomic E-state index is 2.64. The highest BCUT2D eigenvalue weighted by molar-refractivity contribution is 6.93. The van der Waals surface area contributed by atoms with Crippen molar-refractivity contribution < 1.29 is 0 Å². The van der Waals surface area contributed by atoms with Crippen molar-refractivity contribution in [3.63, 3.8) is 0 Å². The average Bonchev–Trinajstić information content (AvgIpc) is 3.29. The number of aryl methyl sites for hydroxylation is 1. The van der Waals surface area contributed by atoms with Crippen molar-refractivity contribution in [2.75, 3.05) is 9.71 Å². The average molecular weight is 753 g/mol. The summed E-state index contributed by atoms with van der Waals surface area (Å²) >= 11 is 0. The molecule has 0 amide bonds. The Balaban J connectivity index is 1.20. The monoisotopic (exact) mass is 752 g/mol. The molecule has 0 spiro atoms. The summed E-state index contributed by atoms with van der Waals surface area (Å²) in [4.78, 5) is 5.28. The van der Waals surface area contributed by atoms with Crippen LogP contribution in [0.1, 0.15) is 30.5 Å². The first kappa shape index (κ1) is 34.0. The summed E-state index contributed by atoms with van der Waals surface area (Å²) in [5, 5.41) is 2.59. The summed E-state index contributed by atoms with van der Waals surface area (Å²) in [5.74, 6) is 0. The van der Waals surface area contributed by atoms with Gasteiger partial charge in [-0.15, -0.1) is 0 Å². The van der Waals surface area contributed by atoms with Crippen LogP contribution in [0, 0.1) is 6.92 Å². The topological polar surface area (TPSA) is 6.48 Å². The summed E-state index contributed by atoms with van der Waals surface area (Å²) in [7, 11) is 0. The Morgan fingerprint density at radius 2 is 1.12 bits per heavy atom. The summed E-state index contributed by atoms with van der Waals surface area (Å²) in [6, 6.07) is 72.5. The van der Waals surface area contributed by atoms with Gasteiger partial charge >= 0.3 is 6.85 Å². The lowest BCUT2D eigenvalue weighted by molar-refractivity contribution is 0.638. The van der Waals surface area contributed by atoms with Crippen LogP contribution in [-0.4, -0.2) is 6.85 Å². The molecule has 0 bridgehead atoms. The summed E-state index contributed by atoms with van der Waals surface area (Å²) < 4.78 is 0. The fraction of sp³-hybridized carbons (Fsp3) is 0.0714. The van der Waals surface area contributed by atoms with Gasteiger partial charge in [-0.05, 0) is 121 Å². The van der Waals surface area contributed by atoms with Crippen LogP contribution >= 0.6 is 0 Å².